The van der Waals surface area contributed by atoms with Crippen LogP contribution in [0.3, 0.4) is 0 Å². The minimum Gasteiger partial charge on any atom is -0.496 e. The maximum Gasteiger partial charge on any atom is 0.221 e. The second-order valence-electron chi connectivity index (χ2n) is 5.34. The molecule has 4 N–H and O–H groups in total. The van der Waals surface area contributed by atoms with Gasteiger partial charge in [-0.25, -0.2) is 4.98 Å². The van der Waals surface area contributed by atoms with E-state index in [1.807, 2.05) is 12.1 Å². The molecule has 0 bridgehead atoms. The molecule has 0 saturated heterocycles. The highest BCUT2D eigenvalue weighted by Crippen LogP contribution is 2.35. The van der Waals surface area contributed by atoms with Crippen LogP contribution in [0.15, 0.2) is 36.4 Å². The van der Waals surface area contributed by atoms with Crippen LogP contribution < -0.4 is 15.8 Å². The van der Waals surface area contributed by atoms with Gasteiger partial charge in [-0.1, -0.05) is 23.7 Å². The Bertz CT molecular complexity index is 939. The largest absolute Gasteiger partial charge is 0.496 e. The first-order valence-electron chi connectivity index (χ1n) is 7.41. The molecule has 0 unspecified atom stereocenters. The number of nitrogens with two attached hydrogens (primary N) is 1. The number of benzene rings is 2. The van der Waals surface area contributed by atoms with Gasteiger partial charge in [0.25, 0.3) is 0 Å². The molecular weight excluding hydrogens is 342 g/mol. The van der Waals surface area contributed by atoms with Crippen molar-refractivity contribution in [1.29, 1.82) is 0 Å². The summed E-state index contributed by atoms with van der Waals surface area (Å²) < 4.78 is 5.34. The van der Waals surface area contributed by atoms with Gasteiger partial charge in [0.1, 0.15) is 5.75 Å². The van der Waals surface area contributed by atoms with Gasteiger partial charge in [0.2, 0.25) is 5.91 Å². The summed E-state index contributed by atoms with van der Waals surface area (Å²) in [6, 6.07) is 10.6. The third-order valence-corrected chi connectivity index (χ3v) is 3.83. The van der Waals surface area contributed by atoms with E-state index >= 15 is 0 Å². The van der Waals surface area contributed by atoms with E-state index in [4.69, 9.17) is 22.1 Å². The average molecular weight is 358 g/mol. The molecule has 0 spiro atoms. The summed E-state index contributed by atoms with van der Waals surface area (Å²) in [6.45, 7) is 1.45. The number of nitrogens with one attached hydrogen (secondary N) is 2. The van der Waals surface area contributed by atoms with Gasteiger partial charge >= 0.3 is 0 Å². The third-order valence-electron chi connectivity index (χ3n) is 3.50. The van der Waals surface area contributed by atoms with Gasteiger partial charge in [0.05, 0.1) is 23.4 Å². The van der Waals surface area contributed by atoms with E-state index in [-0.39, 0.29) is 5.91 Å². The van der Waals surface area contributed by atoms with Crippen LogP contribution in [0, 0.1) is 0 Å². The number of carbonyl (C=O) groups excluding carboxylic acids is 1. The molecule has 1 aromatic heterocycles. The fourth-order valence-corrected chi connectivity index (χ4v) is 2.54. The molecule has 128 valence electrons. The number of amides is 1. The van der Waals surface area contributed by atoms with Crippen molar-refractivity contribution < 1.29 is 9.53 Å². The number of rotatable bonds is 4. The summed E-state index contributed by atoms with van der Waals surface area (Å²) in [5.41, 5.74) is 8.31. The number of methoxy groups -OCH3 is 1. The zero-order valence-electron chi connectivity index (χ0n) is 13.6. The predicted octanol–water partition coefficient (Wildman–Crippen LogP) is 3.34. The number of anilines is 2. The van der Waals surface area contributed by atoms with Crippen molar-refractivity contribution in [1.82, 2.24) is 15.2 Å². The van der Waals surface area contributed by atoms with Crippen molar-refractivity contribution in [3.8, 4) is 28.5 Å². The van der Waals surface area contributed by atoms with Gasteiger partial charge < -0.3 is 15.8 Å². The van der Waals surface area contributed by atoms with Gasteiger partial charge in [0, 0.05) is 24.2 Å². The van der Waals surface area contributed by atoms with E-state index in [1.54, 1.807) is 31.4 Å². The van der Waals surface area contributed by atoms with Crippen LogP contribution in [0.25, 0.3) is 22.8 Å². The topological polar surface area (TPSA) is 106 Å². The molecule has 0 aliphatic rings. The number of hydrogen-bond donors (Lipinski definition) is 3. The summed E-state index contributed by atoms with van der Waals surface area (Å²) in [4.78, 5) is 15.7. The van der Waals surface area contributed by atoms with Crippen molar-refractivity contribution in [3.63, 3.8) is 0 Å². The first-order valence-corrected chi connectivity index (χ1v) is 7.79. The quantitative estimate of drug-likeness (QED) is 0.621. The lowest BCUT2D eigenvalue weighted by Gasteiger charge is -2.08. The maximum atomic E-state index is 11.2. The minimum absolute atomic E-state index is 0.144. The Morgan fingerprint density at radius 1 is 1.32 bits per heavy atom. The number of nitrogen functional groups attached to an aromatic ring is 1. The van der Waals surface area contributed by atoms with Gasteiger partial charge in [-0.15, -0.1) is 0 Å². The van der Waals surface area contributed by atoms with Crippen LogP contribution in [0.4, 0.5) is 11.4 Å². The highest BCUT2D eigenvalue weighted by atomic mass is 35.5. The van der Waals surface area contributed by atoms with Crippen LogP contribution in [-0.2, 0) is 4.79 Å². The molecule has 0 aliphatic heterocycles. The number of H-pyrrole nitrogens is 1. The molecule has 0 aliphatic carbocycles. The zero-order valence-corrected chi connectivity index (χ0v) is 14.4. The van der Waals surface area contributed by atoms with Crippen LogP contribution >= 0.6 is 11.6 Å². The van der Waals surface area contributed by atoms with E-state index < -0.39 is 0 Å². The Morgan fingerprint density at radius 2 is 2.12 bits per heavy atom. The molecule has 25 heavy (non-hydrogen) atoms. The summed E-state index contributed by atoms with van der Waals surface area (Å²) in [5, 5.41) is 10.2. The lowest BCUT2D eigenvalue weighted by atomic mass is 10.1. The second-order valence-corrected chi connectivity index (χ2v) is 5.75. The Morgan fingerprint density at radius 3 is 2.84 bits per heavy atom. The molecule has 0 fully saturated rings. The van der Waals surface area contributed by atoms with Crippen LogP contribution in [0.2, 0.25) is 5.02 Å². The van der Waals surface area contributed by atoms with E-state index in [1.165, 1.54) is 6.92 Å². The normalized spacial score (nSPS) is 10.5. The lowest BCUT2D eigenvalue weighted by molar-refractivity contribution is -0.114. The summed E-state index contributed by atoms with van der Waals surface area (Å²) in [7, 11) is 1.54. The van der Waals surface area contributed by atoms with Gasteiger partial charge in [-0.3, -0.25) is 9.89 Å². The number of hydrogen-bond acceptors (Lipinski definition) is 5. The third kappa shape index (κ3) is 3.56. The SMILES string of the molecule is COc1cc(N)c(Cl)cc1-c1nc(-c2cccc(NC(C)=O)c2)n[nH]1. The number of halogens is 1. The minimum atomic E-state index is -0.144. The van der Waals surface area contributed by atoms with E-state index in [0.29, 0.717) is 39.4 Å². The Balaban J connectivity index is 1.99. The molecule has 8 heteroatoms. The first kappa shape index (κ1) is 16.8. The molecule has 3 rings (SSSR count). The molecule has 1 heterocycles. The van der Waals surface area contributed by atoms with Crippen molar-refractivity contribution in [3.05, 3.63) is 41.4 Å². The summed E-state index contributed by atoms with van der Waals surface area (Å²) >= 11 is 6.10. The van der Waals surface area contributed by atoms with Crippen LogP contribution in [-0.4, -0.2) is 28.2 Å². The zero-order chi connectivity index (χ0) is 18.0. The highest BCUT2D eigenvalue weighted by molar-refractivity contribution is 6.33. The van der Waals surface area contributed by atoms with E-state index in [0.717, 1.165) is 5.56 Å². The van der Waals surface area contributed by atoms with Gasteiger partial charge in [-0.05, 0) is 18.2 Å². The molecule has 2 aromatic carbocycles. The van der Waals surface area contributed by atoms with E-state index in [9.17, 15) is 4.79 Å². The molecule has 0 atom stereocenters. The van der Waals surface area contributed by atoms with Crippen LogP contribution in [0.1, 0.15) is 6.92 Å². The molecule has 0 saturated carbocycles. The van der Waals surface area contributed by atoms with Crippen molar-refractivity contribution in [2.24, 2.45) is 0 Å². The van der Waals surface area contributed by atoms with Gasteiger partial charge in [-0.2, -0.15) is 5.10 Å². The molecule has 3 aromatic rings. The van der Waals surface area contributed by atoms with Crippen LogP contribution in [0.5, 0.6) is 5.75 Å². The van der Waals surface area contributed by atoms with Crippen molar-refractivity contribution >= 4 is 28.9 Å². The second kappa shape index (κ2) is 6.82. The first-order chi connectivity index (χ1) is 12.0. The summed E-state index contributed by atoms with van der Waals surface area (Å²) in [5.74, 6) is 1.38. The predicted molar refractivity (Wildman–Crippen MR) is 97.5 cm³/mol. The average Bonchev–Trinajstić information content (AvgIpc) is 3.06. The fraction of sp³-hybridized carbons (Fsp3) is 0.118. The molecular formula is C17H16ClN5O2. The molecule has 1 amide bonds. The van der Waals surface area contributed by atoms with Crippen molar-refractivity contribution in [2.75, 3.05) is 18.2 Å². The number of ether oxygens (including phenoxy) is 1. The number of aromatic nitrogens is 3. The molecule has 7 nitrogen and oxygen atoms in total. The Hall–Kier alpha value is -3.06. The van der Waals surface area contributed by atoms with Crippen molar-refractivity contribution in [2.45, 2.75) is 6.92 Å². The number of nitrogens with zero attached hydrogens (tertiary/aromatic N) is 2. The lowest BCUT2D eigenvalue weighted by Crippen LogP contribution is -2.05. The summed E-state index contributed by atoms with van der Waals surface area (Å²) in [6.07, 6.45) is 0. The standard InChI is InChI=1S/C17H16ClN5O2/c1-9(24)20-11-5-3-4-10(6-11)16-21-17(23-22-16)12-7-13(18)14(19)8-15(12)25-2/h3-8H,19H2,1-2H3,(H,20,24)(H,21,22,23). The number of carbonyl (C=O) groups is 1. The number of aromatic amines is 1. The Kier molecular flexibility index (Phi) is 4.58. The smallest absolute Gasteiger partial charge is 0.221 e. The molecule has 0 radical (unpaired) electrons. The fourth-order valence-electron chi connectivity index (χ4n) is 2.37. The van der Waals surface area contributed by atoms with E-state index in [2.05, 4.69) is 20.5 Å². The van der Waals surface area contributed by atoms with Gasteiger partial charge in [0.15, 0.2) is 11.6 Å². The Labute approximate surface area is 149 Å². The monoisotopic (exact) mass is 357 g/mol. The highest BCUT2D eigenvalue weighted by Gasteiger charge is 2.15. The maximum absolute atomic E-state index is 11.2.